The van der Waals surface area contributed by atoms with Gasteiger partial charge in [-0.3, -0.25) is 4.79 Å². The van der Waals surface area contributed by atoms with Crippen molar-refractivity contribution in [2.24, 2.45) is 5.92 Å². The van der Waals surface area contributed by atoms with Gasteiger partial charge in [0.1, 0.15) is 31.1 Å². The lowest BCUT2D eigenvalue weighted by molar-refractivity contribution is -0.163. The Kier molecular flexibility index (Phi) is 15.3. The van der Waals surface area contributed by atoms with Gasteiger partial charge in [-0.2, -0.15) is 0 Å². The number of likely N-dealkylation sites (tertiary alicyclic amines) is 1. The summed E-state index contributed by atoms with van der Waals surface area (Å²) in [6.07, 6.45) is 11.0. The number of amides is 1. The van der Waals surface area contributed by atoms with Gasteiger partial charge < -0.3 is 38.1 Å². The van der Waals surface area contributed by atoms with Crippen molar-refractivity contribution in [2.45, 2.75) is 82.3 Å². The van der Waals surface area contributed by atoms with Crippen LogP contribution in [0.5, 0.6) is 34.5 Å². The minimum atomic E-state index is -0.729. The summed E-state index contributed by atoms with van der Waals surface area (Å²) in [5.41, 5.74) is 2.60. The number of nitrogens with zero attached hydrogens (tertiary/aromatic N) is 1. The molecule has 0 spiro atoms. The van der Waals surface area contributed by atoms with Gasteiger partial charge in [0.2, 0.25) is 11.7 Å². The fourth-order valence-electron chi connectivity index (χ4n) is 7.89. The van der Waals surface area contributed by atoms with Gasteiger partial charge in [0.15, 0.2) is 23.0 Å². The Labute approximate surface area is 326 Å². The van der Waals surface area contributed by atoms with E-state index in [9.17, 15) is 4.79 Å². The number of piperidine rings is 1. The van der Waals surface area contributed by atoms with E-state index in [1.165, 1.54) is 0 Å². The van der Waals surface area contributed by atoms with Crippen molar-refractivity contribution < 1.29 is 42.7 Å². The van der Waals surface area contributed by atoms with E-state index < -0.39 is 24.0 Å². The van der Waals surface area contributed by atoms with Crippen LogP contribution in [-0.4, -0.2) is 71.0 Å². The van der Waals surface area contributed by atoms with E-state index in [1.54, 1.807) is 45.5 Å². The summed E-state index contributed by atoms with van der Waals surface area (Å²) in [7, 11) is 6.36. The number of methoxy groups -OCH3 is 4. The predicted octanol–water partition coefficient (Wildman–Crippen LogP) is 8.81. The van der Waals surface area contributed by atoms with Crippen LogP contribution in [0.15, 0.2) is 79.9 Å². The molecule has 1 aliphatic heterocycles. The second kappa shape index (κ2) is 20.5. The Morgan fingerprint density at radius 2 is 1.45 bits per heavy atom. The maximum atomic E-state index is 15.1. The summed E-state index contributed by atoms with van der Waals surface area (Å²) >= 11 is 0. The number of rotatable bonds is 19. The highest BCUT2D eigenvalue weighted by molar-refractivity contribution is 5.89. The number of carbonyl (C=O) groups excluding carboxylic acids is 2. The molecule has 1 heterocycles. The van der Waals surface area contributed by atoms with Crippen LogP contribution in [0.25, 0.3) is 0 Å². The molecule has 10 nitrogen and oxygen atoms in total. The van der Waals surface area contributed by atoms with Crippen molar-refractivity contribution in [1.82, 2.24) is 4.90 Å². The number of esters is 1. The maximum absolute atomic E-state index is 15.1. The van der Waals surface area contributed by atoms with Crippen molar-refractivity contribution in [1.29, 1.82) is 0 Å². The van der Waals surface area contributed by atoms with Crippen molar-refractivity contribution in [3.05, 3.63) is 96.6 Å². The topological polar surface area (TPSA) is 102 Å². The van der Waals surface area contributed by atoms with E-state index >= 15 is 4.79 Å². The number of benzene rings is 3. The number of aryl methyl sites for hydroxylation is 1. The molecular formula is C45H57NO9. The second-order valence-corrected chi connectivity index (χ2v) is 14.1. The van der Waals surface area contributed by atoms with E-state index in [1.807, 2.05) is 54.6 Å². The first-order chi connectivity index (χ1) is 26.8. The number of hydrogen-bond donors (Lipinski definition) is 0. The lowest BCUT2D eigenvalue weighted by atomic mass is 9.75. The molecule has 2 unspecified atom stereocenters. The Bertz CT molecular complexity index is 1750. The van der Waals surface area contributed by atoms with Gasteiger partial charge in [0, 0.05) is 6.54 Å². The molecule has 10 heteroatoms. The van der Waals surface area contributed by atoms with E-state index in [2.05, 4.69) is 13.2 Å². The quantitative estimate of drug-likeness (QED) is 0.0878. The summed E-state index contributed by atoms with van der Waals surface area (Å²) in [5, 5.41) is 0. The van der Waals surface area contributed by atoms with Gasteiger partial charge in [-0.25, -0.2) is 4.79 Å². The van der Waals surface area contributed by atoms with Crippen molar-refractivity contribution >= 4 is 11.9 Å². The Morgan fingerprint density at radius 1 is 0.745 bits per heavy atom. The summed E-state index contributed by atoms with van der Waals surface area (Å²) in [5.74, 6) is 2.47. The molecule has 55 heavy (non-hydrogen) atoms. The standard InChI is InChI=1S/C45H57NO9/c1-7-25-53-35-18-14-17-33(28-35)37(22-20-31-21-23-38(49-3)39(27-31)50-4)55-45(48)36-19-12-13-24-46(36)44(47)42(32-15-10-9-11-16-32)34-29-40(51-5)43(52-6)41(30-34)54-26-8-2/h7-8,14,17-18,21,23,27-30,32,36-37,42H,1-2,9-13,15-16,19-20,22,24-26H2,3-6H3/t36-,37?,42?/m1/s1. The van der Waals surface area contributed by atoms with Gasteiger partial charge in [0.05, 0.1) is 34.4 Å². The van der Waals surface area contributed by atoms with Crippen LogP contribution in [0.2, 0.25) is 0 Å². The molecule has 1 saturated heterocycles. The molecule has 0 N–H and O–H groups in total. The molecule has 0 bridgehead atoms. The minimum absolute atomic E-state index is 0.0721. The molecule has 1 amide bonds. The molecule has 0 aromatic heterocycles. The summed E-state index contributed by atoms with van der Waals surface area (Å²) in [6, 6.07) is 16.5. The van der Waals surface area contributed by atoms with Gasteiger partial charge in [0.25, 0.3) is 0 Å². The molecule has 3 aromatic carbocycles. The zero-order valence-electron chi connectivity index (χ0n) is 32.9. The van der Waals surface area contributed by atoms with Crippen LogP contribution in [0.4, 0.5) is 0 Å². The first-order valence-corrected chi connectivity index (χ1v) is 19.4. The van der Waals surface area contributed by atoms with Gasteiger partial charge in [-0.05, 0) is 104 Å². The average Bonchev–Trinajstić information content (AvgIpc) is 3.23. The third kappa shape index (κ3) is 10.3. The van der Waals surface area contributed by atoms with Crippen LogP contribution in [0.3, 0.4) is 0 Å². The summed E-state index contributed by atoms with van der Waals surface area (Å²) in [4.78, 5) is 31.3. The van der Waals surface area contributed by atoms with E-state index in [0.29, 0.717) is 66.9 Å². The SMILES string of the molecule is C=CCOc1cccc(C(CCc2ccc(OC)c(OC)c2)OC(=O)[C@H]2CCCCN2C(=O)C(c2cc(OC)c(OC)c(OCC=C)c2)C2CCCCC2)c1. The predicted molar refractivity (Wildman–Crippen MR) is 213 cm³/mol. The molecule has 1 aliphatic carbocycles. The number of ether oxygens (including phenoxy) is 7. The second-order valence-electron chi connectivity index (χ2n) is 14.1. The monoisotopic (exact) mass is 755 g/mol. The Hall–Kier alpha value is -5.12. The fraction of sp³-hybridized carbons (Fsp3) is 0.467. The van der Waals surface area contributed by atoms with Crippen molar-refractivity contribution in [2.75, 3.05) is 48.2 Å². The molecule has 296 valence electrons. The molecule has 1 saturated carbocycles. The van der Waals surface area contributed by atoms with E-state index in [-0.39, 0.29) is 18.4 Å². The minimum Gasteiger partial charge on any atom is -0.493 e. The van der Waals surface area contributed by atoms with Crippen LogP contribution in [-0.2, 0) is 20.7 Å². The van der Waals surface area contributed by atoms with Gasteiger partial charge >= 0.3 is 5.97 Å². The zero-order valence-corrected chi connectivity index (χ0v) is 32.9. The number of hydrogen-bond acceptors (Lipinski definition) is 9. The molecule has 3 atom stereocenters. The molecule has 5 rings (SSSR count). The van der Waals surface area contributed by atoms with Gasteiger partial charge in [-0.1, -0.05) is 62.8 Å². The van der Waals surface area contributed by atoms with Crippen LogP contribution >= 0.6 is 0 Å². The van der Waals surface area contributed by atoms with Crippen LogP contribution in [0.1, 0.15) is 86.5 Å². The van der Waals surface area contributed by atoms with Gasteiger partial charge in [-0.15, -0.1) is 0 Å². The highest BCUT2D eigenvalue weighted by Crippen LogP contribution is 2.45. The largest absolute Gasteiger partial charge is 0.493 e. The maximum Gasteiger partial charge on any atom is 0.329 e. The molecule has 3 aromatic rings. The molecule has 0 radical (unpaired) electrons. The third-order valence-electron chi connectivity index (χ3n) is 10.6. The van der Waals surface area contributed by atoms with E-state index in [0.717, 1.165) is 61.6 Å². The van der Waals surface area contributed by atoms with Crippen LogP contribution < -0.4 is 28.4 Å². The number of carbonyl (C=O) groups is 2. The molecule has 2 aliphatic rings. The van der Waals surface area contributed by atoms with Crippen molar-refractivity contribution in [3.8, 4) is 34.5 Å². The summed E-state index contributed by atoms with van der Waals surface area (Å²) in [6.45, 7) is 8.64. The van der Waals surface area contributed by atoms with Crippen molar-refractivity contribution in [3.63, 3.8) is 0 Å². The first-order valence-electron chi connectivity index (χ1n) is 19.4. The highest BCUT2D eigenvalue weighted by Gasteiger charge is 2.41. The summed E-state index contributed by atoms with van der Waals surface area (Å²) < 4.78 is 40.8. The third-order valence-corrected chi connectivity index (χ3v) is 10.6. The Balaban J connectivity index is 1.46. The molecular weight excluding hydrogens is 698 g/mol. The first kappa shape index (κ1) is 41.1. The zero-order chi connectivity index (χ0) is 39.2. The highest BCUT2D eigenvalue weighted by atomic mass is 16.5. The van der Waals surface area contributed by atoms with Crippen LogP contribution in [0, 0.1) is 5.92 Å². The Morgan fingerprint density at radius 3 is 2.16 bits per heavy atom. The normalized spacial score (nSPS) is 16.9. The average molecular weight is 756 g/mol. The smallest absolute Gasteiger partial charge is 0.329 e. The van der Waals surface area contributed by atoms with E-state index in [4.69, 9.17) is 33.2 Å². The lowest BCUT2D eigenvalue weighted by Gasteiger charge is -2.40. The lowest BCUT2D eigenvalue weighted by Crippen LogP contribution is -2.51. The molecule has 2 fully saturated rings. The fourth-order valence-corrected chi connectivity index (χ4v) is 7.89.